The van der Waals surface area contributed by atoms with E-state index < -0.39 is 4.92 Å². The molecular weight excluding hydrogens is 346 g/mol. The molecule has 0 bridgehead atoms. The molecule has 3 N–H and O–H groups in total. The average molecular weight is 364 g/mol. The molecule has 0 spiro atoms. The molecule has 1 fully saturated rings. The maximum atomic E-state index is 11.2. The fourth-order valence-electron chi connectivity index (χ4n) is 2.75. The third-order valence-electron chi connectivity index (χ3n) is 4.10. The smallest absolute Gasteiger partial charge is 0.329 e. The van der Waals surface area contributed by atoms with Crippen molar-refractivity contribution in [3.63, 3.8) is 0 Å². The maximum absolute atomic E-state index is 11.2. The lowest BCUT2D eigenvalue weighted by atomic mass is 9.93. The van der Waals surface area contributed by atoms with Crippen LogP contribution in [0.5, 0.6) is 0 Å². The molecule has 132 valence electrons. The highest BCUT2D eigenvalue weighted by Crippen LogP contribution is 2.28. The minimum atomic E-state index is -0.508. The summed E-state index contributed by atoms with van der Waals surface area (Å²) in [7, 11) is 0. The van der Waals surface area contributed by atoms with E-state index in [4.69, 9.17) is 11.6 Å². The average Bonchev–Trinajstić information content (AvgIpc) is 2.59. The Bertz CT molecular complexity index is 748. The molecular formula is C16H18ClN5O3. The second kappa shape index (κ2) is 7.62. The lowest BCUT2D eigenvalue weighted by Gasteiger charge is -2.26. The van der Waals surface area contributed by atoms with Crippen LogP contribution in [0.1, 0.15) is 25.7 Å². The molecule has 3 rings (SSSR count). The van der Waals surface area contributed by atoms with Crippen LogP contribution in [0.15, 0.2) is 30.5 Å². The summed E-state index contributed by atoms with van der Waals surface area (Å²) in [5.41, 5.74) is 0.553. The molecule has 25 heavy (non-hydrogen) atoms. The van der Waals surface area contributed by atoms with Gasteiger partial charge >= 0.3 is 5.69 Å². The fourth-order valence-corrected chi connectivity index (χ4v) is 2.88. The highest BCUT2D eigenvalue weighted by molar-refractivity contribution is 6.30. The highest BCUT2D eigenvalue weighted by atomic mass is 35.5. The largest absolute Gasteiger partial charge is 0.393 e. The van der Waals surface area contributed by atoms with Gasteiger partial charge in [-0.1, -0.05) is 11.6 Å². The van der Waals surface area contributed by atoms with Gasteiger partial charge in [0, 0.05) is 16.8 Å². The molecule has 1 aromatic heterocycles. The van der Waals surface area contributed by atoms with E-state index in [9.17, 15) is 15.2 Å². The summed E-state index contributed by atoms with van der Waals surface area (Å²) in [5, 5.41) is 27.5. The van der Waals surface area contributed by atoms with Crippen LogP contribution in [-0.2, 0) is 0 Å². The van der Waals surface area contributed by atoms with Gasteiger partial charge < -0.3 is 15.7 Å². The summed E-state index contributed by atoms with van der Waals surface area (Å²) in [6.07, 6.45) is 3.72. The minimum Gasteiger partial charge on any atom is -0.393 e. The first-order valence-corrected chi connectivity index (χ1v) is 8.37. The van der Waals surface area contributed by atoms with Gasteiger partial charge in [0.15, 0.2) is 0 Å². The third-order valence-corrected chi connectivity index (χ3v) is 4.36. The van der Waals surface area contributed by atoms with E-state index in [1.54, 1.807) is 24.3 Å². The van der Waals surface area contributed by atoms with Crippen LogP contribution in [0, 0.1) is 10.1 Å². The van der Waals surface area contributed by atoms with E-state index in [-0.39, 0.29) is 29.6 Å². The number of hydrogen-bond acceptors (Lipinski definition) is 7. The SMILES string of the molecule is O=[N+]([O-])c1cnc(Nc2ccc(Cl)cc2)nc1N[C@H]1CC[C@@H](O)CC1. The van der Waals surface area contributed by atoms with E-state index in [0.29, 0.717) is 17.9 Å². The lowest BCUT2D eigenvalue weighted by Crippen LogP contribution is -2.29. The van der Waals surface area contributed by atoms with Gasteiger partial charge in [0.05, 0.1) is 11.0 Å². The summed E-state index contributed by atoms with van der Waals surface area (Å²) in [6, 6.07) is 7.02. The number of anilines is 3. The molecule has 2 aromatic rings. The van der Waals surface area contributed by atoms with Crippen molar-refractivity contribution >= 4 is 34.7 Å². The van der Waals surface area contributed by atoms with Crippen molar-refractivity contribution < 1.29 is 10.0 Å². The van der Waals surface area contributed by atoms with Crippen molar-refractivity contribution in [2.75, 3.05) is 10.6 Å². The van der Waals surface area contributed by atoms with Gasteiger partial charge in [-0.3, -0.25) is 10.1 Å². The predicted octanol–water partition coefficient (Wildman–Crippen LogP) is 3.50. The number of aliphatic hydroxyl groups excluding tert-OH is 1. The number of aromatic nitrogens is 2. The van der Waals surface area contributed by atoms with Crippen LogP contribution in [0.4, 0.5) is 23.1 Å². The molecule has 0 saturated heterocycles. The van der Waals surface area contributed by atoms with E-state index >= 15 is 0 Å². The molecule has 0 unspecified atom stereocenters. The van der Waals surface area contributed by atoms with E-state index in [0.717, 1.165) is 18.5 Å². The molecule has 9 heteroatoms. The molecule has 0 aliphatic heterocycles. The van der Waals surface area contributed by atoms with Gasteiger partial charge in [-0.2, -0.15) is 4.98 Å². The number of hydrogen-bond donors (Lipinski definition) is 3. The number of nitrogens with zero attached hydrogens (tertiary/aromatic N) is 3. The summed E-state index contributed by atoms with van der Waals surface area (Å²) < 4.78 is 0. The fraction of sp³-hybridized carbons (Fsp3) is 0.375. The second-order valence-electron chi connectivity index (χ2n) is 5.97. The molecule has 1 saturated carbocycles. The first-order valence-electron chi connectivity index (χ1n) is 8.00. The Morgan fingerprint density at radius 2 is 1.88 bits per heavy atom. The Kier molecular flexibility index (Phi) is 5.30. The summed E-state index contributed by atoms with van der Waals surface area (Å²) in [5.74, 6) is 0.434. The lowest BCUT2D eigenvalue weighted by molar-refractivity contribution is -0.384. The normalized spacial score (nSPS) is 20.1. The predicted molar refractivity (Wildman–Crippen MR) is 95.3 cm³/mol. The van der Waals surface area contributed by atoms with Crippen LogP contribution in [0.25, 0.3) is 0 Å². The number of rotatable bonds is 5. The van der Waals surface area contributed by atoms with Gasteiger partial charge in [0.2, 0.25) is 11.8 Å². The number of benzene rings is 1. The summed E-state index contributed by atoms with van der Waals surface area (Å²) in [4.78, 5) is 19.0. The van der Waals surface area contributed by atoms with E-state index in [2.05, 4.69) is 20.6 Å². The number of nitro groups is 1. The highest BCUT2D eigenvalue weighted by Gasteiger charge is 2.24. The van der Waals surface area contributed by atoms with Crippen molar-refractivity contribution in [3.05, 3.63) is 45.6 Å². The zero-order chi connectivity index (χ0) is 17.8. The monoisotopic (exact) mass is 363 g/mol. The second-order valence-corrected chi connectivity index (χ2v) is 6.40. The summed E-state index contributed by atoms with van der Waals surface area (Å²) in [6.45, 7) is 0. The zero-order valence-electron chi connectivity index (χ0n) is 13.4. The van der Waals surface area contributed by atoms with Gasteiger partial charge in [0.1, 0.15) is 6.20 Å². The Hall–Kier alpha value is -2.45. The Balaban J connectivity index is 1.79. The standard InChI is InChI=1S/C16H18ClN5O3/c17-10-1-3-12(4-2-10)20-16-18-9-14(22(24)25)15(21-16)19-11-5-7-13(23)8-6-11/h1-4,9,11,13,23H,5-8H2,(H2,18,19,20,21)/t11-,13+. The molecule has 1 aliphatic carbocycles. The Morgan fingerprint density at radius 3 is 2.52 bits per heavy atom. The van der Waals surface area contributed by atoms with E-state index in [1.165, 1.54) is 6.20 Å². The Labute approximate surface area is 149 Å². The molecule has 1 heterocycles. The van der Waals surface area contributed by atoms with Crippen LogP contribution >= 0.6 is 11.6 Å². The van der Waals surface area contributed by atoms with Crippen molar-refractivity contribution in [3.8, 4) is 0 Å². The van der Waals surface area contributed by atoms with Crippen molar-refractivity contribution in [2.45, 2.75) is 37.8 Å². The number of halogens is 1. The van der Waals surface area contributed by atoms with Crippen molar-refractivity contribution in [2.24, 2.45) is 0 Å². The number of nitrogens with one attached hydrogen (secondary N) is 2. The van der Waals surface area contributed by atoms with Crippen LogP contribution in [0.3, 0.4) is 0 Å². The third kappa shape index (κ3) is 4.55. The van der Waals surface area contributed by atoms with Crippen LogP contribution in [0.2, 0.25) is 5.02 Å². The van der Waals surface area contributed by atoms with E-state index in [1.807, 2.05) is 0 Å². The molecule has 0 radical (unpaired) electrons. The van der Waals surface area contributed by atoms with Crippen LogP contribution in [-0.4, -0.2) is 32.1 Å². The first kappa shape index (κ1) is 17.4. The molecule has 1 aromatic carbocycles. The summed E-state index contributed by atoms with van der Waals surface area (Å²) >= 11 is 5.85. The molecule has 8 nitrogen and oxygen atoms in total. The van der Waals surface area contributed by atoms with Gasteiger partial charge in [-0.25, -0.2) is 4.98 Å². The topological polar surface area (TPSA) is 113 Å². The maximum Gasteiger partial charge on any atom is 0.329 e. The van der Waals surface area contributed by atoms with Gasteiger partial charge in [-0.15, -0.1) is 0 Å². The molecule has 1 aliphatic rings. The Morgan fingerprint density at radius 1 is 1.20 bits per heavy atom. The minimum absolute atomic E-state index is 0.0420. The molecule has 0 atom stereocenters. The van der Waals surface area contributed by atoms with Crippen molar-refractivity contribution in [1.82, 2.24) is 9.97 Å². The van der Waals surface area contributed by atoms with Crippen LogP contribution < -0.4 is 10.6 Å². The zero-order valence-corrected chi connectivity index (χ0v) is 14.1. The van der Waals surface area contributed by atoms with Gasteiger partial charge in [0.25, 0.3) is 0 Å². The first-order chi connectivity index (χ1) is 12.0. The van der Waals surface area contributed by atoms with Crippen molar-refractivity contribution in [1.29, 1.82) is 0 Å². The number of aliphatic hydroxyl groups is 1. The quantitative estimate of drug-likeness (QED) is 0.550. The van der Waals surface area contributed by atoms with Gasteiger partial charge in [-0.05, 0) is 49.9 Å². The molecule has 0 amide bonds.